The van der Waals surface area contributed by atoms with Gasteiger partial charge in [-0.2, -0.15) is 0 Å². The Balaban J connectivity index is 3.08. The molecule has 0 N–H and O–H groups in total. The van der Waals surface area contributed by atoms with Gasteiger partial charge in [-0.05, 0) is 26.0 Å². The number of anilines is 1. The van der Waals surface area contributed by atoms with Crippen LogP contribution in [0.25, 0.3) is 0 Å². The largest absolute Gasteiger partial charge is 0.354 e. The van der Waals surface area contributed by atoms with E-state index in [1.165, 1.54) is 24.6 Å². The van der Waals surface area contributed by atoms with Crippen molar-refractivity contribution in [1.82, 2.24) is 9.29 Å². The van der Waals surface area contributed by atoms with Gasteiger partial charge in [0.05, 0.1) is 0 Å². The number of hydrogen-bond donors (Lipinski definition) is 0. The van der Waals surface area contributed by atoms with E-state index < -0.39 is 10.0 Å². The van der Waals surface area contributed by atoms with Crippen LogP contribution in [-0.2, 0) is 10.0 Å². The van der Waals surface area contributed by atoms with Crippen molar-refractivity contribution in [1.29, 1.82) is 0 Å². The number of aromatic nitrogens is 1. The van der Waals surface area contributed by atoms with Gasteiger partial charge in [-0.3, -0.25) is 0 Å². The summed E-state index contributed by atoms with van der Waals surface area (Å²) in [6.45, 7) is 4.15. The Kier molecular flexibility index (Phi) is 4.97. The summed E-state index contributed by atoms with van der Waals surface area (Å²) in [6.07, 6.45) is 1.39. The van der Waals surface area contributed by atoms with Crippen LogP contribution in [0.1, 0.15) is 13.8 Å². The summed E-state index contributed by atoms with van der Waals surface area (Å²) in [4.78, 5) is 6.45. The third-order valence-corrected chi connectivity index (χ3v) is 6.25. The lowest BCUT2D eigenvalue weighted by atomic mass is 10.1. The van der Waals surface area contributed by atoms with Crippen molar-refractivity contribution >= 4 is 31.8 Å². The molecule has 1 aromatic rings. The minimum atomic E-state index is -3.42. The van der Waals surface area contributed by atoms with E-state index in [1.54, 1.807) is 12.1 Å². The van der Waals surface area contributed by atoms with Crippen molar-refractivity contribution in [3.8, 4) is 0 Å². The molecule has 0 fully saturated rings. The van der Waals surface area contributed by atoms with Crippen molar-refractivity contribution < 1.29 is 8.42 Å². The van der Waals surface area contributed by atoms with E-state index in [4.69, 9.17) is 0 Å². The Morgan fingerprint density at radius 1 is 1.26 bits per heavy atom. The van der Waals surface area contributed by atoms with Crippen LogP contribution in [-0.4, -0.2) is 49.7 Å². The molecular weight excluding hydrogens is 330 g/mol. The fourth-order valence-corrected chi connectivity index (χ4v) is 2.56. The third-order valence-electron chi connectivity index (χ3n) is 3.08. The van der Waals surface area contributed by atoms with Gasteiger partial charge in [-0.25, -0.2) is 17.7 Å². The number of hydrogen-bond acceptors (Lipinski definition) is 4. The molecule has 5 nitrogen and oxygen atoms in total. The van der Waals surface area contributed by atoms with Gasteiger partial charge in [-0.1, -0.05) is 15.9 Å². The molecule has 1 aromatic heterocycles. The average molecular weight is 350 g/mol. The van der Waals surface area contributed by atoms with E-state index in [2.05, 4.69) is 34.8 Å². The molecule has 108 valence electrons. The number of pyridine rings is 1. The molecule has 1 rings (SSSR count). The normalized spacial score (nSPS) is 12.8. The molecule has 0 bridgehead atoms. The standard InChI is InChI=1S/C12H20BrN3O2S/c1-12(2,9-13)16(5)11-7-6-10(8-14-11)19(17,18)15(3)4/h6-8H,9H2,1-5H3. The molecule has 0 aliphatic carbocycles. The summed E-state index contributed by atoms with van der Waals surface area (Å²) in [6, 6.07) is 3.30. The van der Waals surface area contributed by atoms with Gasteiger partial charge in [0.25, 0.3) is 0 Å². The van der Waals surface area contributed by atoms with E-state index in [9.17, 15) is 8.42 Å². The SMILES string of the molecule is CN(c1ccc(S(=O)(=O)N(C)C)cn1)C(C)(C)CBr. The highest BCUT2D eigenvalue weighted by molar-refractivity contribution is 9.09. The minimum Gasteiger partial charge on any atom is -0.354 e. The molecular formula is C12H20BrN3O2S. The minimum absolute atomic E-state index is 0.102. The first-order valence-electron chi connectivity index (χ1n) is 5.81. The number of halogens is 1. The monoisotopic (exact) mass is 349 g/mol. The van der Waals surface area contributed by atoms with Crippen LogP contribution in [0.15, 0.2) is 23.2 Å². The molecule has 7 heteroatoms. The van der Waals surface area contributed by atoms with E-state index in [0.717, 1.165) is 11.1 Å². The Labute approximate surface area is 123 Å². The first kappa shape index (κ1) is 16.4. The molecule has 0 atom stereocenters. The molecule has 0 aliphatic heterocycles. The Morgan fingerprint density at radius 3 is 2.21 bits per heavy atom. The summed E-state index contributed by atoms with van der Waals surface area (Å²) < 4.78 is 25.0. The zero-order chi connectivity index (χ0) is 14.8. The van der Waals surface area contributed by atoms with Gasteiger partial charge < -0.3 is 4.90 Å². The Hall–Kier alpha value is -0.660. The summed E-state index contributed by atoms with van der Waals surface area (Å²) in [5.41, 5.74) is -0.102. The summed E-state index contributed by atoms with van der Waals surface area (Å²) in [7, 11) is 1.52. The van der Waals surface area contributed by atoms with Crippen LogP contribution in [0.2, 0.25) is 0 Å². The first-order chi connectivity index (χ1) is 8.63. The highest BCUT2D eigenvalue weighted by Gasteiger charge is 2.24. The van der Waals surface area contributed by atoms with E-state index in [1.807, 2.05) is 11.9 Å². The van der Waals surface area contributed by atoms with Gasteiger partial charge in [0.2, 0.25) is 10.0 Å². The van der Waals surface area contributed by atoms with Crippen LogP contribution in [0.5, 0.6) is 0 Å². The van der Waals surface area contributed by atoms with Crippen LogP contribution in [0.3, 0.4) is 0 Å². The Morgan fingerprint density at radius 2 is 1.84 bits per heavy atom. The Bertz CT molecular complexity index is 526. The third kappa shape index (κ3) is 3.46. The molecule has 19 heavy (non-hydrogen) atoms. The van der Waals surface area contributed by atoms with Gasteiger partial charge in [-0.15, -0.1) is 0 Å². The highest BCUT2D eigenvalue weighted by Crippen LogP contribution is 2.23. The number of nitrogens with zero attached hydrogens (tertiary/aromatic N) is 3. The first-order valence-corrected chi connectivity index (χ1v) is 8.37. The second-order valence-corrected chi connectivity index (χ2v) is 7.86. The number of rotatable bonds is 5. The van der Waals surface area contributed by atoms with E-state index >= 15 is 0 Å². The van der Waals surface area contributed by atoms with Gasteiger partial charge in [0, 0.05) is 38.2 Å². The lowest BCUT2D eigenvalue weighted by Gasteiger charge is -2.35. The molecule has 0 aromatic carbocycles. The van der Waals surface area contributed by atoms with Crippen molar-refractivity contribution in [3.63, 3.8) is 0 Å². The van der Waals surface area contributed by atoms with Gasteiger partial charge in [0.15, 0.2) is 0 Å². The zero-order valence-electron chi connectivity index (χ0n) is 11.9. The number of alkyl halides is 1. The molecule has 0 saturated heterocycles. The summed E-state index contributed by atoms with van der Waals surface area (Å²) in [5, 5.41) is 0.788. The maximum Gasteiger partial charge on any atom is 0.244 e. The maximum atomic E-state index is 11.9. The van der Waals surface area contributed by atoms with Crippen LogP contribution < -0.4 is 4.90 Å². The average Bonchev–Trinajstić information content (AvgIpc) is 2.37. The second-order valence-electron chi connectivity index (χ2n) is 5.14. The fourth-order valence-electron chi connectivity index (χ4n) is 1.33. The predicted molar refractivity (Wildman–Crippen MR) is 81.4 cm³/mol. The zero-order valence-corrected chi connectivity index (χ0v) is 14.3. The molecule has 0 aliphatic rings. The maximum absolute atomic E-state index is 11.9. The lowest BCUT2D eigenvalue weighted by molar-refractivity contribution is 0.520. The molecule has 0 radical (unpaired) electrons. The highest BCUT2D eigenvalue weighted by atomic mass is 79.9. The van der Waals surface area contributed by atoms with Crippen LogP contribution >= 0.6 is 15.9 Å². The molecule has 0 spiro atoms. The smallest absolute Gasteiger partial charge is 0.244 e. The van der Waals surface area contributed by atoms with Crippen LogP contribution in [0.4, 0.5) is 5.82 Å². The molecule has 1 heterocycles. The molecule has 0 unspecified atom stereocenters. The molecule has 0 amide bonds. The van der Waals surface area contributed by atoms with Gasteiger partial charge >= 0.3 is 0 Å². The van der Waals surface area contributed by atoms with Crippen molar-refractivity contribution in [2.24, 2.45) is 0 Å². The fraction of sp³-hybridized carbons (Fsp3) is 0.583. The summed E-state index contributed by atoms with van der Waals surface area (Å²) >= 11 is 3.46. The van der Waals surface area contributed by atoms with Crippen molar-refractivity contribution in [3.05, 3.63) is 18.3 Å². The van der Waals surface area contributed by atoms with Gasteiger partial charge in [0.1, 0.15) is 10.7 Å². The van der Waals surface area contributed by atoms with Crippen molar-refractivity contribution in [2.45, 2.75) is 24.3 Å². The van der Waals surface area contributed by atoms with Crippen LogP contribution in [0, 0.1) is 0 Å². The van der Waals surface area contributed by atoms with E-state index in [0.29, 0.717) is 0 Å². The lowest BCUT2D eigenvalue weighted by Crippen LogP contribution is -2.43. The van der Waals surface area contributed by atoms with Crippen molar-refractivity contribution in [2.75, 3.05) is 31.4 Å². The second kappa shape index (κ2) is 5.76. The predicted octanol–water partition coefficient (Wildman–Crippen LogP) is 1.94. The topological polar surface area (TPSA) is 53.5 Å². The molecule has 0 saturated carbocycles. The van der Waals surface area contributed by atoms with E-state index in [-0.39, 0.29) is 10.4 Å². The quantitative estimate of drug-likeness (QED) is 0.762. The summed E-state index contributed by atoms with van der Waals surface area (Å²) in [5.74, 6) is 0.738. The number of sulfonamides is 1.